The minimum atomic E-state index is -0.128. The van der Waals surface area contributed by atoms with E-state index in [1.165, 1.54) is 0 Å². The Morgan fingerprint density at radius 3 is 2.26 bits per heavy atom. The Kier molecular flexibility index (Phi) is 4.55. The van der Waals surface area contributed by atoms with Crippen LogP contribution in [0, 0.1) is 0 Å². The van der Waals surface area contributed by atoms with E-state index in [1.807, 2.05) is 20.8 Å². The number of aromatic nitrogens is 2. The molecular weight excluding hydrogens is 242 g/mol. The number of nitrogens with zero attached hydrogens (tertiary/aromatic N) is 3. The van der Waals surface area contributed by atoms with E-state index in [1.54, 1.807) is 7.05 Å². The third-order valence-electron chi connectivity index (χ3n) is 2.24. The Morgan fingerprint density at radius 1 is 1.21 bits per heavy atom. The van der Waals surface area contributed by atoms with Crippen LogP contribution in [0.2, 0.25) is 0 Å². The number of guanidine groups is 1. The first-order valence-corrected chi connectivity index (χ1v) is 6.44. The lowest BCUT2D eigenvalue weighted by molar-refractivity contribution is 0.318. The van der Waals surface area contributed by atoms with Crippen molar-refractivity contribution in [3.63, 3.8) is 0 Å². The van der Waals surface area contributed by atoms with E-state index in [9.17, 15) is 0 Å². The van der Waals surface area contributed by atoms with Crippen LogP contribution in [0.4, 0.5) is 0 Å². The summed E-state index contributed by atoms with van der Waals surface area (Å²) in [6, 6.07) is 0. The van der Waals surface area contributed by atoms with E-state index in [4.69, 9.17) is 4.52 Å². The van der Waals surface area contributed by atoms with E-state index in [0.29, 0.717) is 18.3 Å². The minimum Gasteiger partial charge on any atom is -0.352 e. The van der Waals surface area contributed by atoms with E-state index in [0.717, 1.165) is 5.96 Å². The zero-order chi connectivity index (χ0) is 14.7. The monoisotopic (exact) mass is 267 g/mol. The van der Waals surface area contributed by atoms with Gasteiger partial charge in [0.05, 0.1) is 6.54 Å². The van der Waals surface area contributed by atoms with Gasteiger partial charge < -0.3 is 15.2 Å². The van der Waals surface area contributed by atoms with Gasteiger partial charge in [-0.2, -0.15) is 4.98 Å². The number of hydrogen-bond acceptors (Lipinski definition) is 4. The third kappa shape index (κ3) is 5.28. The van der Waals surface area contributed by atoms with Crippen LogP contribution in [0.15, 0.2) is 9.52 Å². The van der Waals surface area contributed by atoms with Gasteiger partial charge >= 0.3 is 0 Å². The van der Waals surface area contributed by atoms with Crippen LogP contribution in [0.5, 0.6) is 0 Å². The second-order valence-electron chi connectivity index (χ2n) is 6.57. The van der Waals surface area contributed by atoms with Crippen LogP contribution < -0.4 is 10.6 Å². The Labute approximate surface area is 115 Å². The van der Waals surface area contributed by atoms with E-state index < -0.39 is 0 Å². The molecule has 0 aliphatic carbocycles. The van der Waals surface area contributed by atoms with Crippen molar-refractivity contribution in [1.29, 1.82) is 0 Å². The summed E-state index contributed by atoms with van der Waals surface area (Å²) in [6.45, 7) is 12.8. The quantitative estimate of drug-likeness (QED) is 0.631. The van der Waals surface area contributed by atoms with Crippen LogP contribution in [0.25, 0.3) is 0 Å². The lowest BCUT2D eigenvalue weighted by atomic mass is 9.97. The molecule has 19 heavy (non-hydrogen) atoms. The number of hydrogen-bond donors (Lipinski definition) is 2. The Balaban J connectivity index is 2.59. The largest absolute Gasteiger partial charge is 0.352 e. The maximum atomic E-state index is 5.23. The highest BCUT2D eigenvalue weighted by Gasteiger charge is 2.21. The lowest BCUT2D eigenvalue weighted by Gasteiger charge is -2.23. The number of aliphatic imine (C=N–C) groups is 1. The predicted molar refractivity (Wildman–Crippen MR) is 76.1 cm³/mol. The lowest BCUT2D eigenvalue weighted by Crippen LogP contribution is -2.47. The van der Waals surface area contributed by atoms with Gasteiger partial charge in [0, 0.05) is 18.0 Å². The van der Waals surface area contributed by atoms with Gasteiger partial charge in [0.1, 0.15) is 0 Å². The molecule has 0 unspecified atom stereocenters. The Bertz CT molecular complexity index is 437. The highest BCUT2D eigenvalue weighted by atomic mass is 16.5. The molecule has 0 aliphatic rings. The molecule has 0 fully saturated rings. The summed E-state index contributed by atoms with van der Waals surface area (Å²) in [6.07, 6.45) is 0. The normalized spacial score (nSPS) is 13.5. The highest BCUT2D eigenvalue weighted by Crippen LogP contribution is 2.19. The summed E-state index contributed by atoms with van der Waals surface area (Å²) in [7, 11) is 1.73. The molecule has 1 heterocycles. The van der Waals surface area contributed by atoms with Gasteiger partial charge in [-0.3, -0.25) is 4.99 Å². The van der Waals surface area contributed by atoms with Crippen molar-refractivity contribution in [1.82, 2.24) is 20.8 Å². The number of rotatable bonds is 2. The van der Waals surface area contributed by atoms with Gasteiger partial charge in [0.25, 0.3) is 0 Å². The topological polar surface area (TPSA) is 75.3 Å². The molecule has 0 saturated carbocycles. The fourth-order valence-corrected chi connectivity index (χ4v) is 1.33. The summed E-state index contributed by atoms with van der Waals surface area (Å²) >= 11 is 0. The second kappa shape index (κ2) is 5.59. The zero-order valence-corrected chi connectivity index (χ0v) is 13.0. The molecular formula is C13H25N5O. The van der Waals surface area contributed by atoms with Crippen LogP contribution in [-0.4, -0.2) is 28.7 Å². The van der Waals surface area contributed by atoms with Crippen molar-refractivity contribution in [2.45, 2.75) is 59.0 Å². The first-order chi connectivity index (χ1) is 8.62. The van der Waals surface area contributed by atoms with Gasteiger partial charge in [-0.15, -0.1) is 0 Å². The maximum Gasteiger partial charge on any atom is 0.232 e. The fraction of sp³-hybridized carbons (Fsp3) is 0.769. The number of nitrogens with one attached hydrogen (secondary N) is 2. The maximum absolute atomic E-state index is 5.23. The summed E-state index contributed by atoms with van der Waals surface area (Å²) in [5.74, 6) is 1.99. The predicted octanol–water partition coefficient (Wildman–Crippen LogP) is 1.83. The first-order valence-electron chi connectivity index (χ1n) is 6.44. The van der Waals surface area contributed by atoms with Crippen molar-refractivity contribution in [2.24, 2.45) is 4.99 Å². The van der Waals surface area contributed by atoms with Crippen LogP contribution in [-0.2, 0) is 12.0 Å². The second-order valence-corrected chi connectivity index (χ2v) is 6.57. The van der Waals surface area contributed by atoms with Crippen LogP contribution in [0.1, 0.15) is 53.3 Å². The van der Waals surface area contributed by atoms with Gasteiger partial charge in [-0.1, -0.05) is 25.9 Å². The molecule has 0 radical (unpaired) electrons. The molecule has 6 nitrogen and oxygen atoms in total. The summed E-state index contributed by atoms with van der Waals surface area (Å²) < 4.78 is 5.23. The van der Waals surface area contributed by atoms with Crippen molar-refractivity contribution >= 4 is 5.96 Å². The molecule has 0 aliphatic heterocycles. The molecule has 1 rings (SSSR count). The molecule has 0 atom stereocenters. The molecule has 0 bridgehead atoms. The summed E-state index contributed by atoms with van der Waals surface area (Å²) in [5, 5.41) is 10.4. The molecule has 108 valence electrons. The van der Waals surface area contributed by atoms with E-state index in [-0.39, 0.29) is 11.0 Å². The molecule has 0 amide bonds. The van der Waals surface area contributed by atoms with Crippen LogP contribution in [0.3, 0.4) is 0 Å². The average molecular weight is 267 g/mol. The SMILES string of the molecule is CN=C(NCc1noc(C(C)(C)C)n1)NC(C)(C)C. The van der Waals surface area contributed by atoms with Gasteiger partial charge in [0.2, 0.25) is 5.89 Å². The third-order valence-corrected chi connectivity index (χ3v) is 2.24. The standard InChI is InChI=1S/C13H25N5O/c1-12(2,3)10-16-9(18-19-10)8-15-11(14-7)17-13(4,5)6/h8H2,1-7H3,(H2,14,15,17). The molecule has 6 heteroatoms. The Hall–Kier alpha value is -1.59. The zero-order valence-electron chi connectivity index (χ0n) is 13.0. The smallest absolute Gasteiger partial charge is 0.232 e. The highest BCUT2D eigenvalue weighted by molar-refractivity contribution is 5.80. The summed E-state index contributed by atoms with van der Waals surface area (Å²) in [4.78, 5) is 8.51. The van der Waals surface area contributed by atoms with Gasteiger partial charge in [0.15, 0.2) is 11.8 Å². The molecule has 0 spiro atoms. The average Bonchev–Trinajstić information content (AvgIpc) is 2.70. The molecule has 0 aromatic carbocycles. The van der Waals surface area contributed by atoms with Crippen LogP contribution >= 0.6 is 0 Å². The van der Waals surface area contributed by atoms with Crippen molar-refractivity contribution in [3.8, 4) is 0 Å². The molecule has 2 N–H and O–H groups in total. The van der Waals surface area contributed by atoms with Gasteiger partial charge in [-0.25, -0.2) is 0 Å². The van der Waals surface area contributed by atoms with Crippen molar-refractivity contribution in [2.75, 3.05) is 7.05 Å². The first kappa shape index (κ1) is 15.5. The molecule has 1 aromatic heterocycles. The molecule has 0 saturated heterocycles. The molecule has 1 aromatic rings. The van der Waals surface area contributed by atoms with E-state index in [2.05, 4.69) is 46.5 Å². The Morgan fingerprint density at radius 2 is 1.84 bits per heavy atom. The minimum absolute atomic E-state index is 0.0460. The van der Waals surface area contributed by atoms with Crippen molar-refractivity contribution in [3.05, 3.63) is 11.7 Å². The van der Waals surface area contributed by atoms with Crippen molar-refractivity contribution < 1.29 is 4.52 Å². The van der Waals surface area contributed by atoms with Gasteiger partial charge in [-0.05, 0) is 20.8 Å². The van der Waals surface area contributed by atoms with E-state index >= 15 is 0 Å². The summed E-state index contributed by atoms with van der Waals surface area (Å²) in [5.41, 5.74) is -0.174. The fourth-order valence-electron chi connectivity index (χ4n) is 1.33.